The lowest BCUT2D eigenvalue weighted by Crippen LogP contribution is -2.29. The largest absolute Gasteiger partial charge is 0.507 e. The van der Waals surface area contributed by atoms with Gasteiger partial charge in [-0.2, -0.15) is 0 Å². The maximum absolute atomic E-state index is 12.9. The van der Waals surface area contributed by atoms with Crippen molar-refractivity contribution in [2.45, 2.75) is 6.04 Å². The van der Waals surface area contributed by atoms with Crippen molar-refractivity contribution in [3.05, 3.63) is 85.8 Å². The van der Waals surface area contributed by atoms with E-state index < -0.39 is 17.7 Å². The van der Waals surface area contributed by atoms with Gasteiger partial charge in [0.05, 0.1) is 11.6 Å². The molecule has 0 radical (unpaired) electrons. The molecular formula is C20H11Cl3N2O3S. The molecule has 1 aliphatic rings. The highest BCUT2D eigenvalue weighted by atomic mass is 35.5. The maximum Gasteiger partial charge on any atom is 0.301 e. The zero-order valence-corrected chi connectivity index (χ0v) is 17.6. The number of hydrogen-bond donors (Lipinski definition) is 1. The van der Waals surface area contributed by atoms with E-state index in [0.717, 1.165) is 0 Å². The summed E-state index contributed by atoms with van der Waals surface area (Å²) in [6, 6.07) is 10.1. The van der Waals surface area contributed by atoms with Crippen LogP contribution in [0.25, 0.3) is 5.76 Å². The minimum Gasteiger partial charge on any atom is -0.507 e. The molecule has 1 amide bonds. The number of benzene rings is 2. The van der Waals surface area contributed by atoms with Crippen molar-refractivity contribution in [1.82, 2.24) is 4.98 Å². The molecule has 5 nitrogen and oxygen atoms in total. The summed E-state index contributed by atoms with van der Waals surface area (Å²) in [5.74, 6) is -1.95. The van der Waals surface area contributed by atoms with Crippen LogP contribution in [-0.2, 0) is 9.59 Å². The summed E-state index contributed by atoms with van der Waals surface area (Å²) in [6.07, 6.45) is 1.53. The van der Waals surface area contributed by atoms with Crippen molar-refractivity contribution in [3.8, 4) is 0 Å². The van der Waals surface area contributed by atoms with E-state index in [1.807, 2.05) is 0 Å². The third-order valence-corrected chi connectivity index (χ3v) is 6.03. The Hall–Kier alpha value is -2.38. The van der Waals surface area contributed by atoms with Gasteiger partial charge < -0.3 is 5.11 Å². The molecule has 0 unspecified atom stereocenters. The summed E-state index contributed by atoms with van der Waals surface area (Å²) in [6.45, 7) is 0. The standard InChI is InChI=1S/C20H11Cl3N2O3S/c21-11-3-1-10(2-4-11)17(26)15-16(13-6-5-12(22)9-14(13)23)25(19(28)18(15)27)20-24-7-8-29-20/h1-9,16,26H/t16-/m0/s1. The Bertz CT molecular complexity index is 1140. The van der Waals surface area contributed by atoms with Crippen LogP contribution in [-0.4, -0.2) is 21.8 Å². The fourth-order valence-corrected chi connectivity index (χ4v) is 4.45. The molecule has 1 N–H and O–H groups in total. The molecule has 29 heavy (non-hydrogen) atoms. The van der Waals surface area contributed by atoms with Gasteiger partial charge in [0.1, 0.15) is 5.76 Å². The highest BCUT2D eigenvalue weighted by molar-refractivity contribution is 7.14. The van der Waals surface area contributed by atoms with Crippen LogP contribution in [0.5, 0.6) is 0 Å². The first kappa shape index (κ1) is 19.9. The average molecular weight is 466 g/mol. The third kappa shape index (κ3) is 3.53. The second-order valence-electron chi connectivity index (χ2n) is 6.16. The Morgan fingerprint density at radius 3 is 2.34 bits per heavy atom. The van der Waals surface area contributed by atoms with Crippen LogP contribution in [0.3, 0.4) is 0 Å². The van der Waals surface area contributed by atoms with Gasteiger partial charge in [-0.25, -0.2) is 4.98 Å². The van der Waals surface area contributed by atoms with Crippen LogP contribution in [0, 0.1) is 0 Å². The predicted molar refractivity (Wildman–Crippen MR) is 115 cm³/mol. The number of aliphatic hydroxyl groups excluding tert-OH is 1. The molecule has 0 saturated carbocycles. The number of ketones is 1. The molecule has 9 heteroatoms. The van der Waals surface area contributed by atoms with Gasteiger partial charge in [0.15, 0.2) is 5.13 Å². The Labute approximate surface area is 184 Å². The first-order chi connectivity index (χ1) is 13.9. The zero-order valence-electron chi connectivity index (χ0n) is 14.5. The van der Waals surface area contributed by atoms with Crippen molar-refractivity contribution >= 4 is 68.7 Å². The molecule has 146 valence electrons. The van der Waals surface area contributed by atoms with Crippen molar-refractivity contribution in [2.75, 3.05) is 4.90 Å². The van der Waals surface area contributed by atoms with Crippen LogP contribution in [0.1, 0.15) is 17.2 Å². The number of amides is 1. The molecule has 1 saturated heterocycles. The number of carbonyl (C=O) groups is 2. The molecule has 1 aromatic heterocycles. The van der Waals surface area contributed by atoms with Crippen LogP contribution in [0.2, 0.25) is 15.1 Å². The number of nitrogens with zero attached hydrogens (tertiary/aromatic N) is 2. The van der Waals surface area contributed by atoms with Crippen molar-refractivity contribution < 1.29 is 14.7 Å². The molecule has 3 aromatic rings. The second-order valence-corrected chi connectivity index (χ2v) is 8.31. The summed E-state index contributed by atoms with van der Waals surface area (Å²) in [5, 5.41) is 14.1. The van der Waals surface area contributed by atoms with E-state index in [-0.39, 0.29) is 16.4 Å². The Balaban J connectivity index is 1.97. The quantitative estimate of drug-likeness (QED) is 0.305. The Morgan fingerprint density at radius 1 is 1.03 bits per heavy atom. The minimum atomic E-state index is -0.957. The smallest absolute Gasteiger partial charge is 0.301 e. The molecule has 0 aliphatic carbocycles. The molecule has 1 atom stereocenters. The predicted octanol–water partition coefficient (Wildman–Crippen LogP) is 5.73. The van der Waals surface area contributed by atoms with E-state index >= 15 is 0 Å². The highest BCUT2D eigenvalue weighted by Crippen LogP contribution is 2.45. The number of aliphatic hydroxyl groups is 1. The molecule has 0 spiro atoms. The molecule has 2 aromatic carbocycles. The molecule has 1 aliphatic heterocycles. The summed E-state index contributed by atoms with van der Waals surface area (Å²) < 4.78 is 0. The SMILES string of the molecule is O=C1C(=O)N(c2nccs2)[C@@H](c2ccc(Cl)cc2Cl)C1=C(O)c1ccc(Cl)cc1. The number of thiazole rings is 1. The Morgan fingerprint density at radius 2 is 1.72 bits per heavy atom. The number of hydrogen-bond acceptors (Lipinski definition) is 5. The van der Waals surface area contributed by atoms with Gasteiger partial charge in [0, 0.05) is 32.2 Å². The second kappa shape index (κ2) is 7.80. The first-order valence-corrected chi connectivity index (χ1v) is 10.3. The molecule has 1 fully saturated rings. The van der Waals surface area contributed by atoms with Gasteiger partial charge in [-0.1, -0.05) is 40.9 Å². The lowest BCUT2D eigenvalue weighted by Gasteiger charge is -2.23. The lowest BCUT2D eigenvalue weighted by atomic mass is 9.95. The van der Waals surface area contributed by atoms with E-state index in [9.17, 15) is 14.7 Å². The number of Topliss-reactive ketones (excluding diaryl/α,β-unsaturated/α-hetero) is 1. The average Bonchev–Trinajstić information content (AvgIpc) is 3.29. The van der Waals surface area contributed by atoms with Crippen molar-refractivity contribution in [2.24, 2.45) is 0 Å². The van der Waals surface area contributed by atoms with Crippen LogP contribution in [0.15, 0.2) is 59.6 Å². The topological polar surface area (TPSA) is 70.5 Å². The normalized spacial score (nSPS) is 18.4. The van der Waals surface area contributed by atoms with Gasteiger partial charge in [-0.15, -0.1) is 11.3 Å². The van der Waals surface area contributed by atoms with Gasteiger partial charge >= 0.3 is 5.91 Å². The van der Waals surface area contributed by atoms with Gasteiger partial charge in [0.25, 0.3) is 5.78 Å². The summed E-state index contributed by atoms with van der Waals surface area (Å²) in [7, 11) is 0. The van der Waals surface area contributed by atoms with E-state index in [4.69, 9.17) is 34.8 Å². The van der Waals surface area contributed by atoms with E-state index in [1.165, 1.54) is 28.5 Å². The van der Waals surface area contributed by atoms with Crippen molar-refractivity contribution in [3.63, 3.8) is 0 Å². The fourth-order valence-electron chi connectivity index (χ4n) is 3.15. The molecule has 4 rings (SSSR count). The van der Waals surface area contributed by atoms with E-state index in [1.54, 1.807) is 41.8 Å². The lowest BCUT2D eigenvalue weighted by molar-refractivity contribution is -0.132. The number of carbonyl (C=O) groups excluding carboxylic acids is 2. The molecule has 0 bridgehead atoms. The van der Waals surface area contributed by atoms with E-state index in [2.05, 4.69) is 4.98 Å². The van der Waals surface area contributed by atoms with Crippen LogP contribution >= 0.6 is 46.1 Å². The molecule has 2 heterocycles. The summed E-state index contributed by atoms with van der Waals surface area (Å²) in [4.78, 5) is 31.2. The van der Waals surface area contributed by atoms with Gasteiger partial charge in [0.2, 0.25) is 0 Å². The summed E-state index contributed by atoms with van der Waals surface area (Å²) >= 11 is 19.5. The molecular weight excluding hydrogens is 455 g/mol. The van der Waals surface area contributed by atoms with Crippen LogP contribution in [0.4, 0.5) is 5.13 Å². The minimum absolute atomic E-state index is 0.0863. The summed E-state index contributed by atoms with van der Waals surface area (Å²) in [5.41, 5.74) is 0.708. The van der Waals surface area contributed by atoms with Crippen LogP contribution < -0.4 is 4.90 Å². The Kier molecular flexibility index (Phi) is 5.36. The van der Waals surface area contributed by atoms with Gasteiger partial charge in [-0.05, 0) is 42.0 Å². The highest BCUT2D eigenvalue weighted by Gasteiger charge is 2.48. The number of halogens is 3. The number of aromatic nitrogens is 1. The number of anilines is 1. The maximum atomic E-state index is 12.9. The fraction of sp³-hybridized carbons (Fsp3) is 0.0500. The zero-order chi connectivity index (χ0) is 20.7. The third-order valence-electron chi connectivity index (χ3n) is 4.44. The monoisotopic (exact) mass is 464 g/mol. The first-order valence-electron chi connectivity index (χ1n) is 8.30. The number of rotatable bonds is 3. The van der Waals surface area contributed by atoms with E-state index in [0.29, 0.717) is 26.3 Å². The van der Waals surface area contributed by atoms with Gasteiger partial charge in [-0.3, -0.25) is 14.5 Å². The van der Waals surface area contributed by atoms with Crippen molar-refractivity contribution in [1.29, 1.82) is 0 Å².